The predicted molar refractivity (Wildman–Crippen MR) is 100.0 cm³/mol. The normalized spacial score (nSPS) is 22.7. The molecular weight excluding hydrogens is 310 g/mol. The third-order valence-corrected chi connectivity index (χ3v) is 5.71. The Hall–Kier alpha value is -1.94. The second-order valence-corrected chi connectivity index (χ2v) is 7.45. The molecule has 1 N–H and O–H groups in total. The number of aromatic nitrogens is 2. The van der Waals surface area contributed by atoms with Crippen molar-refractivity contribution in [2.75, 3.05) is 6.54 Å². The summed E-state index contributed by atoms with van der Waals surface area (Å²) in [5.74, 6) is 0. The van der Waals surface area contributed by atoms with Crippen molar-refractivity contribution >= 4 is 0 Å². The SMILES string of the molecule is O=c1cc2c(nn1C1CCC(NCCc3ccccc3)CC1)CCC2. The van der Waals surface area contributed by atoms with Crippen LogP contribution in [0, 0.1) is 0 Å². The molecule has 2 aromatic rings. The number of fused-ring (bicyclic) bond motifs is 1. The van der Waals surface area contributed by atoms with Crippen LogP contribution < -0.4 is 10.9 Å². The predicted octanol–water partition coefficient (Wildman–Crippen LogP) is 3.05. The Labute approximate surface area is 149 Å². The van der Waals surface area contributed by atoms with Gasteiger partial charge in [0.1, 0.15) is 0 Å². The zero-order chi connectivity index (χ0) is 17.1. The van der Waals surface area contributed by atoms with Gasteiger partial charge in [-0.05, 0) is 69.0 Å². The lowest BCUT2D eigenvalue weighted by atomic mass is 9.91. The van der Waals surface area contributed by atoms with Crippen LogP contribution in [-0.2, 0) is 19.3 Å². The lowest BCUT2D eigenvalue weighted by Gasteiger charge is -2.30. The van der Waals surface area contributed by atoms with E-state index in [1.54, 1.807) is 4.68 Å². The quantitative estimate of drug-likeness (QED) is 0.912. The summed E-state index contributed by atoms with van der Waals surface area (Å²) in [7, 11) is 0. The number of aryl methyl sites for hydroxylation is 2. The fraction of sp³-hybridized carbons (Fsp3) is 0.524. The highest BCUT2D eigenvalue weighted by Crippen LogP contribution is 2.28. The van der Waals surface area contributed by atoms with E-state index in [-0.39, 0.29) is 11.6 Å². The molecule has 0 atom stereocenters. The number of rotatable bonds is 5. The van der Waals surface area contributed by atoms with Gasteiger partial charge in [0, 0.05) is 12.1 Å². The monoisotopic (exact) mass is 337 g/mol. The van der Waals surface area contributed by atoms with Crippen LogP contribution in [-0.4, -0.2) is 22.4 Å². The maximum atomic E-state index is 12.4. The van der Waals surface area contributed by atoms with Gasteiger partial charge < -0.3 is 5.32 Å². The number of hydrogen-bond acceptors (Lipinski definition) is 3. The molecule has 1 aromatic heterocycles. The zero-order valence-electron chi connectivity index (χ0n) is 14.8. The van der Waals surface area contributed by atoms with Crippen molar-refractivity contribution in [1.82, 2.24) is 15.1 Å². The van der Waals surface area contributed by atoms with Crippen LogP contribution in [0.3, 0.4) is 0 Å². The molecule has 0 bridgehead atoms. The summed E-state index contributed by atoms with van der Waals surface area (Å²) in [4.78, 5) is 12.4. The van der Waals surface area contributed by atoms with E-state index >= 15 is 0 Å². The summed E-state index contributed by atoms with van der Waals surface area (Å²) in [6.45, 7) is 1.02. The Morgan fingerprint density at radius 3 is 2.68 bits per heavy atom. The first-order valence-electron chi connectivity index (χ1n) is 9.68. The molecule has 0 radical (unpaired) electrons. The minimum absolute atomic E-state index is 0.0983. The first-order valence-corrected chi connectivity index (χ1v) is 9.68. The zero-order valence-corrected chi connectivity index (χ0v) is 14.8. The van der Waals surface area contributed by atoms with E-state index in [2.05, 4.69) is 40.7 Å². The Bertz CT molecular complexity index is 760. The van der Waals surface area contributed by atoms with Gasteiger partial charge in [0.05, 0.1) is 11.7 Å². The fourth-order valence-electron chi connectivity index (χ4n) is 4.27. The lowest BCUT2D eigenvalue weighted by Crippen LogP contribution is -2.37. The molecule has 4 heteroatoms. The van der Waals surface area contributed by atoms with Crippen molar-refractivity contribution in [3.05, 3.63) is 63.6 Å². The molecular formula is C21H27N3O. The number of benzene rings is 1. The van der Waals surface area contributed by atoms with Crippen molar-refractivity contribution in [3.63, 3.8) is 0 Å². The molecule has 1 saturated carbocycles. The van der Waals surface area contributed by atoms with E-state index in [0.29, 0.717) is 6.04 Å². The summed E-state index contributed by atoms with van der Waals surface area (Å²) in [5, 5.41) is 8.38. The van der Waals surface area contributed by atoms with Gasteiger partial charge in [-0.25, -0.2) is 4.68 Å². The number of hydrogen-bond donors (Lipinski definition) is 1. The molecule has 1 fully saturated rings. The van der Waals surface area contributed by atoms with Crippen molar-refractivity contribution in [3.8, 4) is 0 Å². The van der Waals surface area contributed by atoms with Gasteiger partial charge in [-0.1, -0.05) is 30.3 Å². The van der Waals surface area contributed by atoms with Crippen LogP contribution in [0.15, 0.2) is 41.2 Å². The van der Waals surface area contributed by atoms with Crippen LogP contribution in [0.25, 0.3) is 0 Å². The standard InChI is InChI=1S/C21H27N3O/c25-21-15-17-7-4-8-20(17)23-24(21)19-11-9-18(10-12-19)22-14-13-16-5-2-1-3-6-16/h1-3,5-6,15,18-19,22H,4,7-14H2. The van der Waals surface area contributed by atoms with Gasteiger partial charge in [-0.15, -0.1) is 0 Å². The summed E-state index contributed by atoms with van der Waals surface area (Å²) >= 11 is 0. The Morgan fingerprint density at radius 2 is 1.88 bits per heavy atom. The van der Waals surface area contributed by atoms with E-state index in [1.807, 2.05) is 6.07 Å². The molecule has 4 rings (SSSR count). The number of nitrogens with zero attached hydrogens (tertiary/aromatic N) is 2. The minimum Gasteiger partial charge on any atom is -0.314 e. The molecule has 0 saturated heterocycles. The highest BCUT2D eigenvalue weighted by atomic mass is 16.1. The second-order valence-electron chi connectivity index (χ2n) is 7.45. The summed E-state index contributed by atoms with van der Waals surface area (Å²) in [5.41, 5.74) is 3.82. The number of nitrogens with one attached hydrogen (secondary N) is 1. The Kier molecular flexibility index (Phi) is 4.97. The van der Waals surface area contributed by atoms with E-state index in [1.165, 1.54) is 11.1 Å². The molecule has 25 heavy (non-hydrogen) atoms. The molecule has 4 nitrogen and oxygen atoms in total. The molecule has 2 aliphatic carbocycles. The van der Waals surface area contributed by atoms with Gasteiger partial charge in [-0.3, -0.25) is 4.79 Å². The largest absolute Gasteiger partial charge is 0.314 e. The van der Waals surface area contributed by atoms with Crippen molar-refractivity contribution in [2.45, 2.75) is 63.5 Å². The highest BCUT2D eigenvalue weighted by molar-refractivity contribution is 5.22. The van der Waals surface area contributed by atoms with Crippen LogP contribution >= 0.6 is 0 Å². The van der Waals surface area contributed by atoms with Gasteiger partial charge in [-0.2, -0.15) is 5.10 Å². The fourth-order valence-corrected chi connectivity index (χ4v) is 4.27. The summed E-state index contributed by atoms with van der Waals surface area (Å²) in [6.07, 6.45) is 8.64. The summed E-state index contributed by atoms with van der Waals surface area (Å²) in [6, 6.07) is 13.3. The maximum absolute atomic E-state index is 12.4. The molecule has 0 spiro atoms. The smallest absolute Gasteiger partial charge is 0.267 e. The third-order valence-electron chi connectivity index (χ3n) is 5.71. The Balaban J connectivity index is 1.29. The van der Waals surface area contributed by atoms with E-state index < -0.39 is 0 Å². The maximum Gasteiger partial charge on any atom is 0.267 e. The van der Waals surface area contributed by atoms with E-state index in [9.17, 15) is 4.79 Å². The molecule has 0 aliphatic heterocycles. The molecule has 1 heterocycles. The average molecular weight is 337 g/mol. The average Bonchev–Trinajstić information content (AvgIpc) is 3.10. The van der Waals surface area contributed by atoms with Crippen LogP contribution in [0.5, 0.6) is 0 Å². The first kappa shape index (κ1) is 16.5. The van der Waals surface area contributed by atoms with Crippen molar-refractivity contribution in [1.29, 1.82) is 0 Å². The Morgan fingerprint density at radius 1 is 1.08 bits per heavy atom. The highest BCUT2D eigenvalue weighted by Gasteiger charge is 2.25. The van der Waals surface area contributed by atoms with Gasteiger partial charge in [0.15, 0.2) is 0 Å². The minimum atomic E-state index is 0.0983. The third kappa shape index (κ3) is 3.84. The summed E-state index contributed by atoms with van der Waals surface area (Å²) < 4.78 is 1.78. The van der Waals surface area contributed by atoms with Gasteiger partial charge in [0.2, 0.25) is 0 Å². The van der Waals surface area contributed by atoms with Crippen LogP contribution in [0.4, 0.5) is 0 Å². The lowest BCUT2D eigenvalue weighted by molar-refractivity contribution is 0.269. The molecule has 0 unspecified atom stereocenters. The van der Waals surface area contributed by atoms with E-state index in [0.717, 1.165) is 63.6 Å². The van der Waals surface area contributed by atoms with Gasteiger partial charge >= 0.3 is 0 Å². The van der Waals surface area contributed by atoms with E-state index in [4.69, 9.17) is 0 Å². The van der Waals surface area contributed by atoms with Crippen molar-refractivity contribution in [2.24, 2.45) is 0 Å². The van der Waals surface area contributed by atoms with Crippen molar-refractivity contribution < 1.29 is 0 Å². The van der Waals surface area contributed by atoms with Crippen LogP contribution in [0.2, 0.25) is 0 Å². The molecule has 2 aliphatic rings. The second kappa shape index (κ2) is 7.52. The molecule has 0 amide bonds. The first-order chi connectivity index (χ1) is 12.3. The van der Waals surface area contributed by atoms with Gasteiger partial charge in [0.25, 0.3) is 5.56 Å². The van der Waals surface area contributed by atoms with Crippen LogP contribution in [0.1, 0.15) is 55.0 Å². The molecule has 132 valence electrons. The topological polar surface area (TPSA) is 46.9 Å². The molecule has 1 aromatic carbocycles.